The van der Waals surface area contributed by atoms with E-state index in [1.165, 1.54) is 5.56 Å². The summed E-state index contributed by atoms with van der Waals surface area (Å²) in [6, 6.07) is 7.59. The van der Waals surface area contributed by atoms with E-state index in [1.54, 1.807) is 0 Å². The van der Waals surface area contributed by atoms with Gasteiger partial charge in [-0.25, -0.2) is 9.97 Å². The highest BCUT2D eigenvalue weighted by Gasteiger charge is 2.28. The normalized spacial score (nSPS) is 17.4. The number of nitrogens with zero attached hydrogens (tertiary/aromatic N) is 2. The molecule has 144 valence electrons. The summed E-state index contributed by atoms with van der Waals surface area (Å²) in [5.74, 6) is -0.329. The Balaban J connectivity index is 1.56. The van der Waals surface area contributed by atoms with E-state index in [1.807, 2.05) is 24.3 Å². The van der Waals surface area contributed by atoms with E-state index in [2.05, 4.69) is 25.3 Å². The Kier molecular flexibility index (Phi) is 5.90. The first-order valence-corrected chi connectivity index (χ1v) is 8.54. The number of amides is 1. The second-order valence-corrected chi connectivity index (χ2v) is 6.26. The smallest absolute Gasteiger partial charge is 0.422 e. The predicted octanol–water partition coefficient (Wildman–Crippen LogP) is 3.14. The maximum Gasteiger partial charge on any atom is 0.422 e. The second kappa shape index (κ2) is 8.34. The number of carbonyl (C=O) groups is 1. The van der Waals surface area contributed by atoms with Gasteiger partial charge in [0.1, 0.15) is 5.69 Å². The number of hydrogen-bond acceptors (Lipinski definition) is 5. The van der Waals surface area contributed by atoms with Crippen molar-refractivity contribution in [3.8, 4) is 5.88 Å². The number of benzene rings is 1. The Morgan fingerprint density at radius 3 is 2.59 bits per heavy atom. The molecule has 1 aromatic carbocycles. The van der Waals surface area contributed by atoms with Crippen molar-refractivity contribution in [3.63, 3.8) is 0 Å². The van der Waals surface area contributed by atoms with Gasteiger partial charge in [-0.3, -0.25) is 4.79 Å². The lowest BCUT2D eigenvalue weighted by molar-refractivity contribution is -0.154. The maximum absolute atomic E-state index is 12.2. The van der Waals surface area contributed by atoms with Crippen LogP contribution in [0.15, 0.2) is 36.7 Å². The molecule has 0 radical (unpaired) electrons. The zero-order valence-corrected chi connectivity index (χ0v) is 14.4. The van der Waals surface area contributed by atoms with Crippen molar-refractivity contribution in [2.75, 3.05) is 25.0 Å². The van der Waals surface area contributed by atoms with E-state index in [9.17, 15) is 18.0 Å². The Labute approximate surface area is 154 Å². The highest BCUT2D eigenvalue weighted by molar-refractivity contribution is 6.02. The van der Waals surface area contributed by atoms with E-state index in [4.69, 9.17) is 0 Å². The quantitative estimate of drug-likeness (QED) is 0.834. The largest absolute Gasteiger partial charge is 0.467 e. The first kappa shape index (κ1) is 19.1. The third-order valence-corrected chi connectivity index (χ3v) is 4.18. The van der Waals surface area contributed by atoms with E-state index in [0.29, 0.717) is 11.6 Å². The van der Waals surface area contributed by atoms with Gasteiger partial charge in [-0.2, -0.15) is 13.2 Å². The molecule has 1 aliphatic rings. The van der Waals surface area contributed by atoms with Crippen LogP contribution >= 0.6 is 0 Å². The monoisotopic (exact) mass is 380 g/mol. The summed E-state index contributed by atoms with van der Waals surface area (Å²) in [5.41, 5.74) is 1.80. The zero-order valence-electron chi connectivity index (χ0n) is 14.4. The molecule has 1 saturated heterocycles. The Bertz CT molecular complexity index is 758. The van der Waals surface area contributed by atoms with Gasteiger partial charge in [0.2, 0.25) is 5.88 Å². The van der Waals surface area contributed by atoms with Gasteiger partial charge >= 0.3 is 6.18 Å². The summed E-state index contributed by atoms with van der Waals surface area (Å²) in [6.07, 6.45) is -0.123. The minimum atomic E-state index is -4.46. The van der Waals surface area contributed by atoms with E-state index in [-0.39, 0.29) is 11.6 Å². The molecule has 6 nitrogen and oxygen atoms in total. The molecule has 0 saturated carbocycles. The lowest BCUT2D eigenvalue weighted by atomic mass is 9.92. The van der Waals surface area contributed by atoms with Gasteiger partial charge in [0.25, 0.3) is 5.91 Å². The SMILES string of the molecule is O=C(Nc1ccc([C@@H]2CCCNC2)cc1)c1cnc(OCC(F)(F)F)cn1. The molecule has 2 N–H and O–H groups in total. The van der Waals surface area contributed by atoms with Gasteiger partial charge in [-0.1, -0.05) is 12.1 Å². The van der Waals surface area contributed by atoms with Crippen molar-refractivity contribution in [2.45, 2.75) is 24.9 Å². The molecule has 1 fully saturated rings. The average molecular weight is 380 g/mol. The minimum Gasteiger partial charge on any atom is -0.467 e. The molecular weight excluding hydrogens is 361 g/mol. The molecule has 0 unspecified atom stereocenters. The number of carbonyl (C=O) groups excluding carboxylic acids is 1. The van der Waals surface area contributed by atoms with E-state index < -0.39 is 18.7 Å². The molecule has 1 amide bonds. The maximum atomic E-state index is 12.2. The molecule has 1 atom stereocenters. The fraction of sp³-hybridized carbons (Fsp3) is 0.389. The molecule has 2 aromatic rings. The number of alkyl halides is 3. The van der Waals surface area contributed by atoms with Crippen molar-refractivity contribution in [1.82, 2.24) is 15.3 Å². The van der Waals surface area contributed by atoms with E-state index in [0.717, 1.165) is 38.3 Å². The molecule has 2 heterocycles. The molecule has 1 aliphatic heterocycles. The third-order valence-electron chi connectivity index (χ3n) is 4.18. The number of hydrogen-bond donors (Lipinski definition) is 2. The topological polar surface area (TPSA) is 76.1 Å². The van der Waals surface area contributed by atoms with Crippen LogP contribution in [0.25, 0.3) is 0 Å². The number of piperidine rings is 1. The van der Waals surface area contributed by atoms with Crippen LogP contribution in [0.2, 0.25) is 0 Å². The summed E-state index contributed by atoms with van der Waals surface area (Å²) >= 11 is 0. The first-order valence-electron chi connectivity index (χ1n) is 8.54. The lowest BCUT2D eigenvalue weighted by Crippen LogP contribution is -2.28. The Morgan fingerprint density at radius 1 is 1.22 bits per heavy atom. The standard InChI is InChI=1S/C18H19F3N4O2/c19-18(20,21)11-27-16-10-23-15(9-24-16)17(26)25-14-5-3-12(4-6-14)13-2-1-7-22-8-13/h3-6,9-10,13,22H,1-2,7-8,11H2,(H,25,26)/t13-/m1/s1. The zero-order chi connectivity index (χ0) is 19.3. The Morgan fingerprint density at radius 2 is 2.00 bits per heavy atom. The van der Waals surface area contributed by atoms with Crippen molar-refractivity contribution < 1.29 is 22.7 Å². The number of ether oxygens (including phenoxy) is 1. The van der Waals surface area contributed by atoms with Crippen LogP contribution < -0.4 is 15.4 Å². The Hall–Kier alpha value is -2.68. The molecule has 0 aliphatic carbocycles. The molecule has 3 rings (SSSR count). The summed E-state index contributed by atoms with van der Waals surface area (Å²) in [7, 11) is 0. The van der Waals surface area contributed by atoms with Gasteiger partial charge < -0.3 is 15.4 Å². The fourth-order valence-corrected chi connectivity index (χ4v) is 2.83. The van der Waals surface area contributed by atoms with Gasteiger partial charge in [-0.05, 0) is 43.0 Å². The number of anilines is 1. The molecule has 9 heteroatoms. The highest BCUT2D eigenvalue weighted by atomic mass is 19.4. The average Bonchev–Trinajstić information content (AvgIpc) is 2.67. The minimum absolute atomic E-state index is 0.0186. The van der Waals surface area contributed by atoms with Gasteiger partial charge in [0.05, 0.1) is 12.4 Å². The fourth-order valence-electron chi connectivity index (χ4n) is 2.83. The van der Waals surface area contributed by atoms with Crippen molar-refractivity contribution in [1.29, 1.82) is 0 Å². The van der Waals surface area contributed by atoms with Crippen molar-refractivity contribution in [2.24, 2.45) is 0 Å². The first-order chi connectivity index (χ1) is 12.9. The highest BCUT2D eigenvalue weighted by Crippen LogP contribution is 2.24. The summed E-state index contributed by atoms with van der Waals surface area (Å²) < 4.78 is 40.8. The summed E-state index contributed by atoms with van der Waals surface area (Å²) in [4.78, 5) is 19.6. The van der Waals surface area contributed by atoms with Gasteiger partial charge in [0.15, 0.2) is 6.61 Å². The van der Waals surface area contributed by atoms with Crippen LogP contribution in [-0.2, 0) is 0 Å². The molecule has 0 spiro atoms. The summed E-state index contributed by atoms with van der Waals surface area (Å²) in [6.45, 7) is 0.534. The summed E-state index contributed by atoms with van der Waals surface area (Å²) in [5, 5.41) is 6.05. The van der Waals surface area contributed by atoms with Crippen LogP contribution in [-0.4, -0.2) is 41.7 Å². The van der Waals surface area contributed by atoms with Crippen LogP contribution in [0.1, 0.15) is 34.8 Å². The number of rotatable bonds is 5. The lowest BCUT2D eigenvalue weighted by Gasteiger charge is -2.23. The van der Waals surface area contributed by atoms with Crippen LogP contribution in [0.5, 0.6) is 5.88 Å². The molecule has 27 heavy (non-hydrogen) atoms. The molecule has 0 bridgehead atoms. The van der Waals surface area contributed by atoms with Crippen LogP contribution in [0.4, 0.5) is 18.9 Å². The second-order valence-electron chi connectivity index (χ2n) is 6.26. The number of aromatic nitrogens is 2. The van der Waals surface area contributed by atoms with Crippen molar-refractivity contribution >= 4 is 11.6 Å². The van der Waals surface area contributed by atoms with Crippen molar-refractivity contribution in [3.05, 3.63) is 47.9 Å². The van der Waals surface area contributed by atoms with Crippen LogP contribution in [0, 0.1) is 0 Å². The third kappa shape index (κ3) is 5.65. The van der Waals surface area contributed by atoms with Gasteiger partial charge in [0, 0.05) is 12.2 Å². The number of halogens is 3. The predicted molar refractivity (Wildman–Crippen MR) is 92.8 cm³/mol. The molecular formula is C18H19F3N4O2. The van der Waals surface area contributed by atoms with Gasteiger partial charge in [-0.15, -0.1) is 0 Å². The van der Waals surface area contributed by atoms with E-state index >= 15 is 0 Å². The van der Waals surface area contributed by atoms with Crippen LogP contribution in [0.3, 0.4) is 0 Å². The molecule has 1 aromatic heterocycles. The number of nitrogens with one attached hydrogen (secondary N) is 2.